The topological polar surface area (TPSA) is 176 Å². The molecule has 0 heterocycles. The molecule has 1 aromatic rings. The quantitative estimate of drug-likeness (QED) is 0.351. The summed E-state index contributed by atoms with van der Waals surface area (Å²) in [4.78, 5) is 22.9. The van der Waals surface area contributed by atoms with Crippen molar-refractivity contribution in [3.05, 3.63) is 35.4 Å². The molecule has 2 amide bonds. The highest BCUT2D eigenvalue weighted by Crippen LogP contribution is 2.63. The highest BCUT2D eigenvalue weighted by molar-refractivity contribution is 7.54. The minimum Gasteiger partial charge on any atom is -0.428 e. The number of carbonyl (C=O) groups is 2. The number of nitrogens with two attached hydrogens (primary N) is 2. The third-order valence-electron chi connectivity index (χ3n) is 3.77. The molecule has 0 bridgehead atoms. The van der Waals surface area contributed by atoms with Crippen LogP contribution in [0.5, 0.6) is 0 Å². The largest absolute Gasteiger partial charge is 0.428 e. The maximum absolute atomic E-state index is 13.2. The Kier molecular flexibility index (Phi) is 11.4. The standard InChI is InChI=1S/C18H30N2O10P2/c1-5-25-31(23,26-6-2)15(29-17(19)21)13-9-11-14(12-10-13)16(30-18(20)22)32(24,27-7-3)28-8-4/h9-12,15-16H,5-8H2,1-4H3,(H2,19,21)(H2,20,22)/t15-,16-/m0/s1. The van der Waals surface area contributed by atoms with Crippen molar-refractivity contribution >= 4 is 27.4 Å². The maximum atomic E-state index is 13.2. The third kappa shape index (κ3) is 7.58. The van der Waals surface area contributed by atoms with E-state index in [1.165, 1.54) is 24.3 Å². The van der Waals surface area contributed by atoms with Crippen molar-refractivity contribution in [1.29, 1.82) is 0 Å². The number of benzene rings is 1. The predicted molar refractivity (Wildman–Crippen MR) is 115 cm³/mol. The molecule has 0 aliphatic heterocycles. The Morgan fingerprint density at radius 3 is 1.12 bits per heavy atom. The van der Waals surface area contributed by atoms with E-state index in [9.17, 15) is 18.7 Å². The molecule has 0 spiro atoms. The highest BCUT2D eigenvalue weighted by atomic mass is 31.2. The Bertz CT molecular complexity index is 760. The van der Waals surface area contributed by atoms with Crippen LogP contribution in [0.3, 0.4) is 0 Å². The zero-order chi connectivity index (χ0) is 24.4. The van der Waals surface area contributed by atoms with Gasteiger partial charge in [0.2, 0.25) is 11.7 Å². The van der Waals surface area contributed by atoms with Crippen LogP contribution in [0.4, 0.5) is 9.59 Å². The lowest BCUT2D eigenvalue weighted by atomic mass is 10.1. The molecule has 2 atom stereocenters. The van der Waals surface area contributed by atoms with Gasteiger partial charge < -0.3 is 39.0 Å². The molecule has 1 rings (SSSR count). The van der Waals surface area contributed by atoms with Crippen LogP contribution in [0.2, 0.25) is 0 Å². The predicted octanol–water partition coefficient (Wildman–Crippen LogP) is 4.41. The fourth-order valence-corrected chi connectivity index (χ4v) is 6.41. The summed E-state index contributed by atoms with van der Waals surface area (Å²) in [5.74, 6) is -2.93. The molecule has 14 heteroatoms. The van der Waals surface area contributed by atoms with E-state index in [1.807, 2.05) is 0 Å². The summed E-state index contributed by atoms with van der Waals surface area (Å²) < 4.78 is 57.5. The van der Waals surface area contributed by atoms with Gasteiger partial charge in [-0.3, -0.25) is 9.13 Å². The molecule has 0 aliphatic carbocycles. The van der Waals surface area contributed by atoms with E-state index in [-0.39, 0.29) is 37.6 Å². The Hall–Kier alpha value is -1.94. The molecule has 0 aromatic heterocycles. The smallest absolute Gasteiger partial charge is 0.405 e. The minimum atomic E-state index is -3.95. The van der Waals surface area contributed by atoms with Crippen molar-refractivity contribution in [3.8, 4) is 0 Å². The average Bonchev–Trinajstić information content (AvgIpc) is 2.71. The van der Waals surface area contributed by atoms with Crippen LogP contribution in [-0.2, 0) is 36.7 Å². The molecule has 0 saturated carbocycles. The Morgan fingerprint density at radius 2 is 0.938 bits per heavy atom. The summed E-state index contributed by atoms with van der Waals surface area (Å²) in [5, 5.41) is 0. The first kappa shape index (κ1) is 28.1. The summed E-state index contributed by atoms with van der Waals surface area (Å²) >= 11 is 0. The number of amides is 2. The minimum absolute atomic E-state index is 0.0222. The molecule has 0 radical (unpaired) electrons. The second-order valence-electron chi connectivity index (χ2n) is 6.00. The first-order valence-corrected chi connectivity index (χ1v) is 13.1. The fourth-order valence-electron chi connectivity index (χ4n) is 2.74. The molecule has 1 aromatic carbocycles. The van der Waals surface area contributed by atoms with Crippen LogP contribution < -0.4 is 11.5 Å². The maximum Gasteiger partial charge on any atom is 0.405 e. The van der Waals surface area contributed by atoms with E-state index in [0.717, 1.165) is 0 Å². The average molecular weight is 496 g/mol. The summed E-state index contributed by atoms with van der Waals surface area (Å²) in [6, 6.07) is 5.58. The lowest BCUT2D eigenvalue weighted by Crippen LogP contribution is -2.20. The van der Waals surface area contributed by atoms with Crippen molar-refractivity contribution in [2.45, 2.75) is 39.4 Å². The van der Waals surface area contributed by atoms with E-state index in [1.54, 1.807) is 27.7 Å². The van der Waals surface area contributed by atoms with Crippen molar-refractivity contribution < 1.29 is 46.3 Å². The van der Waals surface area contributed by atoms with E-state index in [4.69, 9.17) is 39.0 Å². The van der Waals surface area contributed by atoms with Gasteiger partial charge in [-0.05, 0) is 27.7 Å². The zero-order valence-electron chi connectivity index (χ0n) is 18.4. The van der Waals surface area contributed by atoms with Crippen molar-refractivity contribution in [2.24, 2.45) is 11.5 Å². The molecular formula is C18H30N2O10P2. The van der Waals surface area contributed by atoms with Gasteiger partial charge in [0, 0.05) is 11.1 Å². The number of ether oxygens (including phenoxy) is 2. The van der Waals surface area contributed by atoms with E-state index < -0.39 is 39.1 Å². The number of carbonyl (C=O) groups excluding carboxylic acids is 2. The Balaban J connectivity index is 3.45. The molecule has 12 nitrogen and oxygen atoms in total. The van der Waals surface area contributed by atoms with Crippen LogP contribution >= 0.6 is 15.2 Å². The monoisotopic (exact) mass is 496 g/mol. The van der Waals surface area contributed by atoms with Gasteiger partial charge in [0.25, 0.3) is 0 Å². The molecule has 0 unspecified atom stereocenters. The van der Waals surface area contributed by atoms with E-state index in [0.29, 0.717) is 0 Å². The van der Waals surface area contributed by atoms with Crippen LogP contribution in [0.25, 0.3) is 0 Å². The van der Waals surface area contributed by atoms with Crippen LogP contribution in [0.1, 0.15) is 50.5 Å². The SMILES string of the molecule is CCOP(=O)(OCC)[C@H](OC(N)=O)c1ccc([C@@H](OC(N)=O)P(=O)(OCC)OCC)cc1. The summed E-state index contributed by atoms with van der Waals surface area (Å²) in [5.41, 5.74) is 10.7. The second kappa shape index (κ2) is 12.9. The van der Waals surface area contributed by atoms with Crippen molar-refractivity contribution in [3.63, 3.8) is 0 Å². The second-order valence-corrected chi connectivity index (χ2v) is 10.1. The summed E-state index contributed by atoms with van der Waals surface area (Å²) in [6.45, 7) is 6.48. The van der Waals surface area contributed by atoms with Gasteiger partial charge in [0.1, 0.15) is 0 Å². The van der Waals surface area contributed by atoms with Gasteiger partial charge in [-0.15, -0.1) is 0 Å². The molecule has 0 aliphatic rings. The first-order valence-electron chi connectivity index (χ1n) is 9.86. The fraction of sp³-hybridized carbons (Fsp3) is 0.556. The Morgan fingerprint density at radius 1 is 0.688 bits per heavy atom. The normalized spacial score (nSPS) is 13.9. The van der Waals surface area contributed by atoms with E-state index >= 15 is 0 Å². The Labute approximate surface area is 186 Å². The highest BCUT2D eigenvalue weighted by Gasteiger charge is 2.42. The van der Waals surface area contributed by atoms with Crippen LogP contribution in [-0.4, -0.2) is 38.6 Å². The molecule has 0 fully saturated rings. The zero-order valence-corrected chi connectivity index (χ0v) is 20.2. The number of rotatable bonds is 14. The van der Waals surface area contributed by atoms with Gasteiger partial charge in [-0.25, -0.2) is 9.59 Å². The van der Waals surface area contributed by atoms with Gasteiger partial charge >= 0.3 is 27.4 Å². The van der Waals surface area contributed by atoms with Crippen molar-refractivity contribution in [1.82, 2.24) is 0 Å². The lowest BCUT2D eigenvalue weighted by Gasteiger charge is -2.27. The summed E-state index contributed by atoms with van der Waals surface area (Å²) in [6.07, 6.45) is -2.38. The molecule has 4 N–H and O–H groups in total. The van der Waals surface area contributed by atoms with E-state index in [2.05, 4.69) is 0 Å². The number of hydrogen-bond acceptors (Lipinski definition) is 10. The molecule has 32 heavy (non-hydrogen) atoms. The van der Waals surface area contributed by atoms with Crippen LogP contribution in [0.15, 0.2) is 24.3 Å². The molecule has 182 valence electrons. The van der Waals surface area contributed by atoms with Gasteiger partial charge in [0.15, 0.2) is 0 Å². The third-order valence-corrected chi connectivity index (χ3v) is 8.20. The van der Waals surface area contributed by atoms with Gasteiger partial charge in [0.05, 0.1) is 26.4 Å². The van der Waals surface area contributed by atoms with Gasteiger partial charge in [-0.1, -0.05) is 24.3 Å². The van der Waals surface area contributed by atoms with Crippen molar-refractivity contribution in [2.75, 3.05) is 26.4 Å². The molecular weight excluding hydrogens is 466 g/mol. The molecule has 0 saturated heterocycles. The first-order chi connectivity index (χ1) is 15.1. The lowest BCUT2D eigenvalue weighted by molar-refractivity contribution is 0.108. The van der Waals surface area contributed by atoms with Gasteiger partial charge in [-0.2, -0.15) is 0 Å². The summed E-state index contributed by atoms with van der Waals surface area (Å²) in [7, 11) is -7.91. The number of hydrogen-bond donors (Lipinski definition) is 2. The number of primary amides is 2. The van der Waals surface area contributed by atoms with Crippen LogP contribution in [0, 0.1) is 0 Å².